The van der Waals surface area contributed by atoms with Crippen LogP contribution in [0.3, 0.4) is 0 Å². The van der Waals surface area contributed by atoms with Crippen molar-refractivity contribution in [3.05, 3.63) is 59.4 Å². The summed E-state index contributed by atoms with van der Waals surface area (Å²) in [6, 6.07) is 0. The Bertz CT molecular complexity index is 9.30. The smallest absolute Gasteiger partial charge is 0.358 e. The summed E-state index contributed by atoms with van der Waals surface area (Å²) < 4.78 is 0. The Morgan fingerprint density at radius 1 is 0.273 bits per heavy atom. The number of hydrogen-bond acceptors (Lipinski definition) is 0. The van der Waals surface area contributed by atoms with Crippen LogP contribution in [0.15, 0.2) is 0 Å². The minimum Gasteiger partial charge on any atom is -0.358 e. The monoisotopic (exact) mass is 264 g/mol. The molecule has 68 valence electrons. The summed E-state index contributed by atoms with van der Waals surface area (Å²) in [5, 5.41) is 0. The van der Waals surface area contributed by atoms with E-state index in [0.29, 0.717) is 0 Å². The van der Waals surface area contributed by atoms with E-state index in [2.05, 4.69) is 0 Å². The van der Waals surface area contributed by atoms with Crippen LogP contribution in [0.1, 0.15) is 0 Å². The van der Waals surface area contributed by atoms with Crippen LogP contribution < -0.4 is 0 Å². The van der Waals surface area contributed by atoms with E-state index in [-0.39, 0.29) is 125 Å². The van der Waals surface area contributed by atoms with Crippen molar-refractivity contribution in [3.63, 3.8) is 0 Å². The first kappa shape index (κ1) is 422. The molecule has 0 amide bonds. The maximum atomic E-state index is 0. The van der Waals surface area contributed by atoms with Crippen LogP contribution in [0.2, 0.25) is 0 Å². The van der Waals surface area contributed by atoms with Crippen molar-refractivity contribution < 1.29 is 65.2 Å². The maximum Gasteiger partial charge on any atom is 4.00 e. The average molecular weight is 264 g/mol. The number of rotatable bonds is 0. The third-order valence-corrected chi connectivity index (χ3v) is 0. The van der Waals surface area contributed by atoms with Gasteiger partial charge in [-0.3, -0.25) is 0 Å². The van der Waals surface area contributed by atoms with Crippen molar-refractivity contribution in [2.24, 2.45) is 0 Å². The van der Waals surface area contributed by atoms with Crippen LogP contribution in [-0.2, 0) is 65.2 Å². The topological polar surface area (TPSA) is 0 Å². The van der Waals surface area contributed by atoms with Crippen molar-refractivity contribution in [2.75, 3.05) is 0 Å². The van der Waals surface area contributed by atoms with Crippen molar-refractivity contribution in [1.82, 2.24) is 0 Å². The van der Waals surface area contributed by atoms with Gasteiger partial charge in [0.15, 0.2) is 0 Å². The third kappa shape index (κ3) is 272. The molecule has 0 saturated carbocycles. The van der Waals surface area contributed by atoms with Crippen LogP contribution >= 0.6 is 0 Å². The second kappa shape index (κ2) is 328. The van der Waals surface area contributed by atoms with Gasteiger partial charge in [-0.15, -0.1) is 0 Å². The molecule has 0 fully saturated rings. The molecule has 0 radical (unpaired) electrons. The van der Waals surface area contributed by atoms with Crippen LogP contribution in [0.4, 0.5) is 0 Å². The van der Waals surface area contributed by atoms with Gasteiger partial charge in [0.1, 0.15) is 0 Å². The van der Waals surface area contributed by atoms with Gasteiger partial charge in [-0.25, -0.2) is 0 Å². The SMILES string of the molecule is [CH3-].[CH3-].[CH3-].[CH3-].[CH3-].[CH3-].[CH3-].[CH3-].[Ti+2].[Ti+2].[Ti+4]. The molecule has 0 spiro atoms. The van der Waals surface area contributed by atoms with Gasteiger partial charge >= 0.3 is 65.2 Å². The van der Waals surface area contributed by atoms with Crippen LogP contribution in [0.5, 0.6) is 0 Å². The predicted octanol–water partition coefficient (Wildman–Crippen LogP) is 3.59. The average Bonchev–Trinajstić information content (AvgIpc) is 0. The third-order valence-electron chi connectivity index (χ3n) is 0. The molecule has 0 N–H and O–H groups in total. The molecule has 0 heterocycles. The molecular weight excluding hydrogens is 240 g/mol. The molecule has 0 nitrogen and oxygen atoms in total. The molecule has 11 heavy (non-hydrogen) atoms. The van der Waals surface area contributed by atoms with Gasteiger partial charge in [0.25, 0.3) is 0 Å². The Labute approximate surface area is 123 Å². The van der Waals surface area contributed by atoms with Gasteiger partial charge in [-0.2, -0.15) is 0 Å². The molecule has 0 unspecified atom stereocenters. The van der Waals surface area contributed by atoms with E-state index in [9.17, 15) is 0 Å². The van der Waals surface area contributed by atoms with E-state index < -0.39 is 0 Å². The van der Waals surface area contributed by atoms with Gasteiger partial charge in [0.05, 0.1) is 0 Å². The zero-order valence-corrected chi connectivity index (χ0v) is 14.2. The predicted molar refractivity (Wildman–Crippen MR) is 51.3 cm³/mol. The Morgan fingerprint density at radius 3 is 0.273 bits per heavy atom. The Hall–Kier alpha value is 2.14. The second-order valence-corrected chi connectivity index (χ2v) is 0. The van der Waals surface area contributed by atoms with E-state index >= 15 is 0 Å². The number of hydrogen-bond donors (Lipinski definition) is 0. The quantitative estimate of drug-likeness (QED) is 0.463. The fraction of sp³-hybridized carbons (Fsp3) is 0. The maximum absolute atomic E-state index is 0. The van der Waals surface area contributed by atoms with E-state index in [1.807, 2.05) is 0 Å². The van der Waals surface area contributed by atoms with Crippen molar-refractivity contribution >= 4 is 0 Å². The van der Waals surface area contributed by atoms with Gasteiger partial charge in [-0.1, -0.05) is 0 Å². The summed E-state index contributed by atoms with van der Waals surface area (Å²) in [6.07, 6.45) is 0. The zero-order chi connectivity index (χ0) is 0. The van der Waals surface area contributed by atoms with Gasteiger partial charge in [0, 0.05) is 0 Å². The van der Waals surface area contributed by atoms with E-state index in [0.717, 1.165) is 0 Å². The minimum atomic E-state index is 0. The summed E-state index contributed by atoms with van der Waals surface area (Å²) >= 11 is 0. The summed E-state index contributed by atoms with van der Waals surface area (Å²) in [5.41, 5.74) is 0. The van der Waals surface area contributed by atoms with Crippen LogP contribution in [0, 0.1) is 59.4 Å². The summed E-state index contributed by atoms with van der Waals surface area (Å²) in [5.74, 6) is 0. The van der Waals surface area contributed by atoms with Crippen molar-refractivity contribution in [2.45, 2.75) is 0 Å². The minimum absolute atomic E-state index is 0. The van der Waals surface area contributed by atoms with E-state index in [4.69, 9.17) is 0 Å². The molecular formula is C8H24Ti3. The Kier molecular flexibility index (Phi) is 12600. The second-order valence-electron chi connectivity index (χ2n) is 0. The molecule has 3 heteroatoms. The van der Waals surface area contributed by atoms with Gasteiger partial charge in [0.2, 0.25) is 0 Å². The molecule has 0 aromatic carbocycles. The molecule has 0 aliphatic carbocycles. The van der Waals surface area contributed by atoms with E-state index in [1.165, 1.54) is 0 Å². The fourth-order valence-electron chi connectivity index (χ4n) is 0. The van der Waals surface area contributed by atoms with Crippen LogP contribution in [-0.4, -0.2) is 0 Å². The van der Waals surface area contributed by atoms with Crippen molar-refractivity contribution in [3.8, 4) is 0 Å². The van der Waals surface area contributed by atoms with Gasteiger partial charge < -0.3 is 59.4 Å². The molecule has 0 aromatic heterocycles. The molecule has 0 aliphatic heterocycles. The first-order valence-corrected chi connectivity index (χ1v) is 0. The largest absolute Gasteiger partial charge is 4.00 e. The summed E-state index contributed by atoms with van der Waals surface area (Å²) in [4.78, 5) is 0. The Morgan fingerprint density at radius 2 is 0.273 bits per heavy atom. The normalized spacial score (nSPS) is 0. The first-order valence-electron chi connectivity index (χ1n) is 0. The molecule has 0 aromatic rings. The fourth-order valence-corrected chi connectivity index (χ4v) is 0. The summed E-state index contributed by atoms with van der Waals surface area (Å²) in [7, 11) is 0. The van der Waals surface area contributed by atoms with E-state index in [1.54, 1.807) is 0 Å². The van der Waals surface area contributed by atoms with Crippen LogP contribution in [0.25, 0.3) is 0 Å². The Balaban J connectivity index is 0. The zero-order valence-electron chi connectivity index (χ0n) is 9.50. The van der Waals surface area contributed by atoms with Gasteiger partial charge in [-0.05, 0) is 0 Å². The molecule has 0 atom stereocenters. The molecule has 0 rings (SSSR count). The molecule has 0 saturated heterocycles. The summed E-state index contributed by atoms with van der Waals surface area (Å²) in [6.45, 7) is 0. The first-order chi connectivity index (χ1) is 0. The molecule has 0 aliphatic rings. The van der Waals surface area contributed by atoms with Crippen molar-refractivity contribution in [1.29, 1.82) is 0 Å². The standard InChI is InChI=1S/8CH3.3Ti/h8*1H3;;;/q8*-1;2*+2;+4. The molecule has 0 bridgehead atoms.